The molecule has 116 valence electrons. The largest absolute Gasteiger partial charge is 0.476 e. The van der Waals surface area contributed by atoms with Crippen molar-refractivity contribution in [3.8, 4) is 0 Å². The molecule has 0 aliphatic rings. The highest BCUT2D eigenvalue weighted by Crippen LogP contribution is 2.14. The van der Waals surface area contributed by atoms with Crippen molar-refractivity contribution in [3.63, 3.8) is 0 Å². The molecule has 0 radical (unpaired) electrons. The molecular weight excluding hydrogens is 292 g/mol. The van der Waals surface area contributed by atoms with Gasteiger partial charge in [0.1, 0.15) is 0 Å². The fraction of sp³-hybridized carbons (Fsp3) is 0.167. The van der Waals surface area contributed by atoms with E-state index in [2.05, 4.69) is 5.10 Å². The van der Waals surface area contributed by atoms with Crippen molar-refractivity contribution in [2.24, 2.45) is 0 Å². The Morgan fingerprint density at radius 2 is 1.70 bits per heavy atom. The van der Waals surface area contributed by atoms with E-state index in [1.165, 1.54) is 4.68 Å². The van der Waals surface area contributed by atoms with Crippen molar-refractivity contribution in [1.82, 2.24) is 9.78 Å². The number of aryl methyl sites for hydroxylation is 2. The van der Waals surface area contributed by atoms with Gasteiger partial charge in [-0.25, -0.2) is 9.48 Å². The highest BCUT2D eigenvalue weighted by molar-refractivity contribution is 6.01. The third kappa shape index (κ3) is 2.85. The van der Waals surface area contributed by atoms with Crippen LogP contribution in [-0.2, 0) is 6.54 Å². The third-order valence-electron chi connectivity index (χ3n) is 3.68. The van der Waals surface area contributed by atoms with Gasteiger partial charge in [0.25, 0.3) is 5.56 Å². The molecule has 1 heterocycles. The molecule has 1 aromatic heterocycles. The van der Waals surface area contributed by atoms with Crippen LogP contribution in [0.25, 0.3) is 10.8 Å². The van der Waals surface area contributed by atoms with Crippen LogP contribution in [0.5, 0.6) is 0 Å². The number of nitrogens with zero attached hydrogens (tertiary/aromatic N) is 2. The minimum absolute atomic E-state index is 0.107. The molecular formula is C18H16N2O3. The van der Waals surface area contributed by atoms with Gasteiger partial charge in [-0.2, -0.15) is 5.10 Å². The van der Waals surface area contributed by atoms with Crippen LogP contribution in [0.1, 0.15) is 27.2 Å². The monoisotopic (exact) mass is 308 g/mol. The number of benzene rings is 2. The zero-order valence-corrected chi connectivity index (χ0v) is 12.9. The first-order chi connectivity index (χ1) is 11.0. The summed E-state index contributed by atoms with van der Waals surface area (Å²) in [5, 5.41) is 14.2. The van der Waals surface area contributed by atoms with Crippen LogP contribution in [0.4, 0.5) is 0 Å². The molecule has 5 nitrogen and oxygen atoms in total. The molecule has 5 heteroatoms. The lowest BCUT2D eigenvalue weighted by atomic mass is 10.1. The number of rotatable bonds is 3. The van der Waals surface area contributed by atoms with Crippen molar-refractivity contribution in [1.29, 1.82) is 0 Å². The van der Waals surface area contributed by atoms with E-state index in [0.717, 1.165) is 16.7 Å². The van der Waals surface area contributed by atoms with E-state index in [1.54, 1.807) is 24.3 Å². The molecule has 0 unspecified atom stereocenters. The van der Waals surface area contributed by atoms with E-state index in [4.69, 9.17) is 0 Å². The first-order valence-electron chi connectivity index (χ1n) is 7.26. The second-order valence-corrected chi connectivity index (χ2v) is 5.66. The van der Waals surface area contributed by atoms with Gasteiger partial charge in [0.2, 0.25) is 0 Å². The summed E-state index contributed by atoms with van der Waals surface area (Å²) in [6, 6.07) is 12.6. The molecule has 2 aromatic carbocycles. The topological polar surface area (TPSA) is 72.2 Å². The van der Waals surface area contributed by atoms with Gasteiger partial charge in [0, 0.05) is 5.39 Å². The van der Waals surface area contributed by atoms with E-state index < -0.39 is 5.97 Å². The van der Waals surface area contributed by atoms with Gasteiger partial charge in [-0.1, -0.05) is 47.5 Å². The Bertz CT molecular complexity index is 953. The molecule has 0 saturated heterocycles. The fourth-order valence-electron chi connectivity index (χ4n) is 2.83. The molecule has 0 amide bonds. The minimum Gasteiger partial charge on any atom is -0.476 e. The van der Waals surface area contributed by atoms with E-state index in [1.807, 2.05) is 32.0 Å². The van der Waals surface area contributed by atoms with Crippen LogP contribution in [0.3, 0.4) is 0 Å². The summed E-state index contributed by atoms with van der Waals surface area (Å²) < 4.78 is 1.22. The lowest BCUT2D eigenvalue weighted by molar-refractivity contribution is 0.0690. The Morgan fingerprint density at radius 3 is 2.30 bits per heavy atom. The van der Waals surface area contributed by atoms with E-state index in [-0.39, 0.29) is 17.8 Å². The number of hydrogen-bond acceptors (Lipinski definition) is 3. The summed E-state index contributed by atoms with van der Waals surface area (Å²) in [6.07, 6.45) is 0. The zero-order chi connectivity index (χ0) is 16.6. The number of carbonyl (C=O) groups is 1. The average Bonchev–Trinajstić information content (AvgIpc) is 2.49. The standard InChI is InChI=1S/C18H16N2O3/c1-11-7-12(2)9-13(8-11)10-20-17(21)15-6-4-3-5-14(15)16(19-20)18(22)23/h3-9H,10H2,1-2H3,(H,22,23). The quantitative estimate of drug-likeness (QED) is 0.807. The van der Waals surface area contributed by atoms with Gasteiger partial charge >= 0.3 is 5.97 Å². The third-order valence-corrected chi connectivity index (χ3v) is 3.68. The van der Waals surface area contributed by atoms with Crippen LogP contribution in [0, 0.1) is 13.8 Å². The molecule has 3 aromatic rings. The number of fused-ring (bicyclic) bond motifs is 1. The van der Waals surface area contributed by atoms with Gasteiger partial charge in [-0.3, -0.25) is 4.79 Å². The van der Waals surface area contributed by atoms with Crippen LogP contribution in [-0.4, -0.2) is 20.9 Å². The van der Waals surface area contributed by atoms with Gasteiger partial charge in [0.15, 0.2) is 5.69 Å². The first kappa shape index (κ1) is 15.0. The summed E-state index contributed by atoms with van der Waals surface area (Å²) in [5.74, 6) is -1.14. The number of aromatic carboxylic acids is 1. The summed E-state index contributed by atoms with van der Waals surface area (Å²) in [6.45, 7) is 4.21. The van der Waals surface area contributed by atoms with E-state index in [0.29, 0.717) is 10.8 Å². The molecule has 3 rings (SSSR count). The first-order valence-corrected chi connectivity index (χ1v) is 7.26. The molecule has 0 fully saturated rings. The van der Waals surface area contributed by atoms with Crippen molar-refractivity contribution in [2.75, 3.05) is 0 Å². The Morgan fingerprint density at radius 1 is 1.09 bits per heavy atom. The summed E-state index contributed by atoms with van der Waals surface area (Å²) in [7, 11) is 0. The maximum atomic E-state index is 12.6. The normalized spacial score (nSPS) is 10.9. The van der Waals surface area contributed by atoms with Crippen LogP contribution in [0.15, 0.2) is 47.3 Å². The van der Waals surface area contributed by atoms with Gasteiger partial charge in [-0.05, 0) is 25.5 Å². The van der Waals surface area contributed by atoms with Crippen molar-refractivity contribution < 1.29 is 9.90 Å². The predicted molar refractivity (Wildman–Crippen MR) is 88.0 cm³/mol. The predicted octanol–water partition coefficient (Wildman–Crippen LogP) is 2.76. The van der Waals surface area contributed by atoms with Crippen LogP contribution in [0.2, 0.25) is 0 Å². The highest BCUT2D eigenvalue weighted by Gasteiger charge is 2.15. The molecule has 23 heavy (non-hydrogen) atoms. The maximum Gasteiger partial charge on any atom is 0.357 e. The molecule has 1 N–H and O–H groups in total. The second-order valence-electron chi connectivity index (χ2n) is 5.66. The Balaban J connectivity index is 2.19. The average molecular weight is 308 g/mol. The second kappa shape index (κ2) is 5.68. The minimum atomic E-state index is -1.14. The highest BCUT2D eigenvalue weighted by atomic mass is 16.4. The molecule has 0 bridgehead atoms. The molecule has 0 saturated carbocycles. The smallest absolute Gasteiger partial charge is 0.357 e. The van der Waals surface area contributed by atoms with Crippen molar-refractivity contribution in [3.05, 3.63) is 75.2 Å². The van der Waals surface area contributed by atoms with Crippen molar-refractivity contribution >= 4 is 16.7 Å². The van der Waals surface area contributed by atoms with Gasteiger partial charge in [-0.15, -0.1) is 0 Å². The molecule has 0 aliphatic heterocycles. The summed E-state index contributed by atoms with van der Waals surface area (Å²) in [5.41, 5.74) is 2.71. The number of carboxylic acids is 1. The number of carboxylic acid groups (broad SMARTS) is 1. The lowest BCUT2D eigenvalue weighted by Gasteiger charge is -2.10. The molecule has 0 atom stereocenters. The zero-order valence-electron chi connectivity index (χ0n) is 12.9. The molecule has 0 spiro atoms. The summed E-state index contributed by atoms with van der Waals surface area (Å²) >= 11 is 0. The number of aromatic nitrogens is 2. The Kier molecular flexibility index (Phi) is 3.70. The lowest BCUT2D eigenvalue weighted by Crippen LogP contribution is -2.26. The van der Waals surface area contributed by atoms with E-state index >= 15 is 0 Å². The van der Waals surface area contributed by atoms with E-state index in [9.17, 15) is 14.7 Å². The summed E-state index contributed by atoms with van der Waals surface area (Å²) in [4.78, 5) is 24.0. The number of hydrogen-bond donors (Lipinski definition) is 1. The van der Waals surface area contributed by atoms with Gasteiger partial charge in [0.05, 0.1) is 11.9 Å². The van der Waals surface area contributed by atoms with Crippen LogP contribution < -0.4 is 5.56 Å². The van der Waals surface area contributed by atoms with Crippen LogP contribution >= 0.6 is 0 Å². The Hall–Kier alpha value is -2.95. The van der Waals surface area contributed by atoms with Crippen molar-refractivity contribution in [2.45, 2.75) is 20.4 Å². The van der Waals surface area contributed by atoms with Gasteiger partial charge < -0.3 is 5.11 Å². The Labute approximate surface area is 132 Å². The SMILES string of the molecule is Cc1cc(C)cc(Cn2nc(C(=O)O)c3ccccc3c2=O)c1. The molecule has 0 aliphatic carbocycles. The maximum absolute atomic E-state index is 12.6. The fourth-order valence-corrected chi connectivity index (χ4v) is 2.83.